The van der Waals surface area contributed by atoms with E-state index in [2.05, 4.69) is 0 Å². The van der Waals surface area contributed by atoms with Gasteiger partial charge in [0.15, 0.2) is 0 Å². The molecule has 3 N–H and O–H groups in total. The zero-order valence-corrected chi connectivity index (χ0v) is 13.2. The van der Waals surface area contributed by atoms with E-state index in [4.69, 9.17) is 17.3 Å². The molecular formula is C17H25ClFNO. The molecule has 0 radical (unpaired) electrons. The Kier molecular flexibility index (Phi) is 6.46. The molecule has 0 saturated heterocycles. The Balaban J connectivity index is 2.07. The van der Waals surface area contributed by atoms with Crippen LogP contribution in [0, 0.1) is 11.7 Å². The fourth-order valence-corrected chi connectivity index (χ4v) is 3.59. The van der Waals surface area contributed by atoms with Gasteiger partial charge in [0.25, 0.3) is 0 Å². The van der Waals surface area contributed by atoms with Crippen LogP contribution >= 0.6 is 11.6 Å². The molecule has 0 amide bonds. The van der Waals surface area contributed by atoms with Crippen molar-refractivity contribution < 1.29 is 9.50 Å². The molecule has 21 heavy (non-hydrogen) atoms. The maximum atomic E-state index is 14.1. The first kappa shape index (κ1) is 16.7. The van der Waals surface area contributed by atoms with Gasteiger partial charge in [-0.15, -0.1) is 0 Å². The standard InChI is InChI=1S/C17H25ClFNO/c18-15-9-5-8-13(17(15)19)14(11-20)16(21)10-12-6-3-1-2-4-7-12/h5,8-9,12,14,16,21H,1-4,6-7,10-11,20H2. The molecule has 0 bridgehead atoms. The lowest BCUT2D eigenvalue weighted by atomic mass is 9.85. The number of halogens is 2. The number of aliphatic hydroxyl groups is 1. The van der Waals surface area contributed by atoms with Crippen molar-refractivity contribution >= 4 is 11.6 Å². The second-order valence-electron chi connectivity index (χ2n) is 6.15. The maximum Gasteiger partial charge on any atom is 0.145 e. The van der Waals surface area contributed by atoms with E-state index >= 15 is 0 Å². The lowest BCUT2D eigenvalue weighted by Crippen LogP contribution is -2.28. The molecule has 0 aliphatic heterocycles. The highest BCUT2D eigenvalue weighted by atomic mass is 35.5. The van der Waals surface area contributed by atoms with E-state index in [9.17, 15) is 9.50 Å². The Morgan fingerprint density at radius 2 is 1.90 bits per heavy atom. The van der Waals surface area contributed by atoms with Gasteiger partial charge < -0.3 is 10.8 Å². The van der Waals surface area contributed by atoms with Gasteiger partial charge in [0.1, 0.15) is 5.82 Å². The third-order valence-electron chi connectivity index (χ3n) is 4.65. The summed E-state index contributed by atoms with van der Waals surface area (Å²) in [4.78, 5) is 0. The highest BCUT2D eigenvalue weighted by Gasteiger charge is 2.26. The summed E-state index contributed by atoms with van der Waals surface area (Å²) in [5.74, 6) is -0.305. The van der Waals surface area contributed by atoms with Crippen LogP contribution in [0.4, 0.5) is 4.39 Å². The van der Waals surface area contributed by atoms with Crippen LogP contribution in [0.2, 0.25) is 5.02 Å². The minimum absolute atomic E-state index is 0.0904. The van der Waals surface area contributed by atoms with Gasteiger partial charge in [-0.05, 0) is 24.0 Å². The normalized spacial score (nSPS) is 20.0. The molecule has 1 aliphatic rings. The smallest absolute Gasteiger partial charge is 0.145 e. The minimum atomic E-state index is -0.605. The van der Waals surface area contributed by atoms with Crippen molar-refractivity contribution in [1.82, 2.24) is 0 Å². The van der Waals surface area contributed by atoms with Crippen LogP contribution in [0.25, 0.3) is 0 Å². The second kappa shape index (κ2) is 8.11. The second-order valence-corrected chi connectivity index (χ2v) is 6.55. The number of benzene rings is 1. The third kappa shape index (κ3) is 4.41. The van der Waals surface area contributed by atoms with Crippen molar-refractivity contribution in [2.24, 2.45) is 11.7 Å². The van der Waals surface area contributed by atoms with Crippen LogP contribution in [0.1, 0.15) is 56.4 Å². The van der Waals surface area contributed by atoms with Gasteiger partial charge in [0, 0.05) is 12.5 Å². The zero-order chi connectivity index (χ0) is 15.2. The Morgan fingerprint density at radius 3 is 2.52 bits per heavy atom. The highest BCUT2D eigenvalue weighted by molar-refractivity contribution is 6.30. The molecule has 0 aromatic heterocycles. The molecule has 2 rings (SSSR count). The summed E-state index contributed by atoms with van der Waals surface area (Å²) in [7, 11) is 0. The molecule has 118 valence electrons. The van der Waals surface area contributed by atoms with E-state index in [1.807, 2.05) is 0 Å². The molecule has 1 aliphatic carbocycles. The summed E-state index contributed by atoms with van der Waals surface area (Å²) in [6.07, 6.45) is 7.45. The van der Waals surface area contributed by atoms with E-state index < -0.39 is 11.9 Å². The van der Waals surface area contributed by atoms with Crippen LogP contribution in [0.3, 0.4) is 0 Å². The van der Waals surface area contributed by atoms with Crippen molar-refractivity contribution in [1.29, 1.82) is 0 Å². The molecule has 0 heterocycles. The van der Waals surface area contributed by atoms with Crippen molar-refractivity contribution in [3.05, 3.63) is 34.6 Å². The number of aliphatic hydroxyl groups excluding tert-OH is 1. The molecule has 4 heteroatoms. The van der Waals surface area contributed by atoms with Crippen molar-refractivity contribution in [2.45, 2.75) is 57.0 Å². The molecule has 1 aromatic carbocycles. The molecular weight excluding hydrogens is 289 g/mol. The molecule has 2 unspecified atom stereocenters. The summed E-state index contributed by atoms with van der Waals surface area (Å²) in [6, 6.07) is 4.91. The highest BCUT2D eigenvalue weighted by Crippen LogP contribution is 2.32. The van der Waals surface area contributed by atoms with Gasteiger partial charge in [-0.3, -0.25) is 0 Å². The van der Waals surface area contributed by atoms with Gasteiger partial charge in [-0.25, -0.2) is 4.39 Å². The average molecular weight is 314 g/mol. The van der Waals surface area contributed by atoms with E-state index in [1.54, 1.807) is 12.1 Å². The fraction of sp³-hybridized carbons (Fsp3) is 0.647. The summed E-state index contributed by atoms with van der Waals surface area (Å²) in [5, 5.41) is 10.6. The molecule has 1 aromatic rings. The number of rotatable bonds is 5. The topological polar surface area (TPSA) is 46.2 Å². The largest absolute Gasteiger partial charge is 0.392 e. The summed E-state index contributed by atoms with van der Waals surface area (Å²) in [6.45, 7) is 0.227. The molecule has 2 atom stereocenters. The van der Waals surface area contributed by atoms with Crippen LogP contribution in [0.15, 0.2) is 18.2 Å². The Morgan fingerprint density at radius 1 is 1.24 bits per heavy atom. The summed E-state index contributed by atoms with van der Waals surface area (Å²) >= 11 is 5.84. The number of nitrogens with two attached hydrogens (primary N) is 1. The average Bonchev–Trinajstić information content (AvgIpc) is 2.73. The molecule has 2 nitrogen and oxygen atoms in total. The lowest BCUT2D eigenvalue weighted by molar-refractivity contribution is 0.110. The van der Waals surface area contributed by atoms with Gasteiger partial charge in [-0.1, -0.05) is 62.3 Å². The van der Waals surface area contributed by atoms with Crippen LogP contribution in [-0.4, -0.2) is 17.8 Å². The Labute approximate surface area is 131 Å². The predicted octanol–water partition coefficient (Wildman–Crippen LogP) is 4.24. The van der Waals surface area contributed by atoms with Gasteiger partial charge in [0.2, 0.25) is 0 Å². The van der Waals surface area contributed by atoms with Gasteiger partial charge in [0.05, 0.1) is 11.1 Å². The molecule has 1 saturated carbocycles. The third-order valence-corrected chi connectivity index (χ3v) is 4.94. The van der Waals surface area contributed by atoms with Crippen LogP contribution in [0.5, 0.6) is 0 Å². The quantitative estimate of drug-likeness (QED) is 0.799. The van der Waals surface area contributed by atoms with Gasteiger partial charge in [-0.2, -0.15) is 0 Å². The minimum Gasteiger partial charge on any atom is -0.392 e. The fourth-order valence-electron chi connectivity index (χ4n) is 3.40. The summed E-state index contributed by atoms with van der Waals surface area (Å²) in [5.41, 5.74) is 6.23. The van der Waals surface area contributed by atoms with Gasteiger partial charge >= 0.3 is 0 Å². The Hall–Kier alpha value is -0.640. The first-order chi connectivity index (χ1) is 10.1. The van der Waals surface area contributed by atoms with Crippen molar-refractivity contribution in [3.63, 3.8) is 0 Å². The first-order valence-corrected chi connectivity index (χ1v) is 8.33. The molecule has 1 fully saturated rings. The number of hydrogen-bond acceptors (Lipinski definition) is 2. The van der Waals surface area contributed by atoms with Crippen LogP contribution < -0.4 is 5.73 Å². The Bertz CT molecular complexity index is 446. The predicted molar refractivity (Wildman–Crippen MR) is 85.0 cm³/mol. The van der Waals surface area contributed by atoms with Crippen LogP contribution in [-0.2, 0) is 0 Å². The van der Waals surface area contributed by atoms with Crippen molar-refractivity contribution in [3.8, 4) is 0 Å². The van der Waals surface area contributed by atoms with E-state index in [0.717, 1.165) is 12.8 Å². The maximum absolute atomic E-state index is 14.1. The molecule has 0 spiro atoms. The monoisotopic (exact) mass is 313 g/mol. The summed E-state index contributed by atoms with van der Waals surface area (Å²) < 4.78 is 14.1. The number of hydrogen-bond donors (Lipinski definition) is 2. The van der Waals surface area contributed by atoms with E-state index in [0.29, 0.717) is 17.9 Å². The van der Waals surface area contributed by atoms with Crippen molar-refractivity contribution in [2.75, 3.05) is 6.54 Å². The first-order valence-electron chi connectivity index (χ1n) is 7.95. The zero-order valence-electron chi connectivity index (χ0n) is 12.4. The van der Waals surface area contributed by atoms with E-state index in [-0.39, 0.29) is 17.5 Å². The SMILES string of the molecule is NCC(c1cccc(Cl)c1F)C(O)CC1CCCCCC1. The lowest BCUT2D eigenvalue weighted by Gasteiger charge is -2.26. The van der Waals surface area contributed by atoms with E-state index in [1.165, 1.54) is 31.7 Å².